The summed E-state index contributed by atoms with van der Waals surface area (Å²) < 4.78 is 14.4. The van der Waals surface area contributed by atoms with Crippen LogP contribution in [-0.4, -0.2) is 46.4 Å². The minimum Gasteiger partial charge on any atom is -0.335 e. The standard InChI is InChI=1S/C7H13NO6P/c9-4-6-2-1-3-8(6)7(10)5-14-15(11,12)13/h6H,1-5H2,(H2,11,12,13). The van der Waals surface area contributed by atoms with E-state index >= 15 is 0 Å². The average molecular weight is 238 g/mol. The molecule has 1 aliphatic heterocycles. The van der Waals surface area contributed by atoms with Crippen molar-refractivity contribution in [3.63, 3.8) is 0 Å². The van der Waals surface area contributed by atoms with Crippen molar-refractivity contribution >= 4 is 13.7 Å². The van der Waals surface area contributed by atoms with Crippen LogP contribution < -0.4 is 0 Å². The van der Waals surface area contributed by atoms with Crippen LogP contribution in [0.5, 0.6) is 0 Å². The van der Waals surface area contributed by atoms with Crippen molar-refractivity contribution in [1.82, 2.24) is 4.90 Å². The van der Waals surface area contributed by atoms with Gasteiger partial charge in [-0.05, 0) is 12.8 Å². The van der Waals surface area contributed by atoms with Gasteiger partial charge in [0.2, 0.25) is 5.91 Å². The predicted octanol–water partition coefficient (Wildman–Crippen LogP) is -0.483. The summed E-state index contributed by atoms with van der Waals surface area (Å²) in [7, 11) is -4.61. The monoisotopic (exact) mass is 238 g/mol. The van der Waals surface area contributed by atoms with Crippen molar-refractivity contribution < 1.29 is 28.8 Å². The van der Waals surface area contributed by atoms with E-state index in [9.17, 15) is 14.5 Å². The van der Waals surface area contributed by atoms with Crippen LogP contribution >= 0.6 is 7.82 Å². The number of carbonyl (C=O) groups excluding carboxylic acids is 1. The molecular weight excluding hydrogens is 225 g/mol. The molecule has 0 saturated carbocycles. The van der Waals surface area contributed by atoms with Gasteiger partial charge in [-0.3, -0.25) is 9.32 Å². The Morgan fingerprint density at radius 1 is 1.53 bits per heavy atom. The van der Waals surface area contributed by atoms with E-state index in [1.165, 1.54) is 4.90 Å². The molecule has 1 fully saturated rings. The van der Waals surface area contributed by atoms with Crippen LogP contribution in [-0.2, 0) is 19.0 Å². The number of phosphoric ester groups is 1. The van der Waals surface area contributed by atoms with Crippen LogP contribution in [0.25, 0.3) is 0 Å². The molecule has 0 aromatic rings. The molecule has 15 heavy (non-hydrogen) atoms. The number of hydrogen-bond donors (Lipinski definition) is 2. The fourth-order valence-corrected chi connectivity index (χ4v) is 1.84. The third-order valence-electron chi connectivity index (χ3n) is 2.25. The van der Waals surface area contributed by atoms with Gasteiger partial charge in [-0.15, -0.1) is 0 Å². The molecular formula is C7H13NO6P. The van der Waals surface area contributed by atoms with Gasteiger partial charge < -0.3 is 14.7 Å². The summed E-state index contributed by atoms with van der Waals surface area (Å²) in [5, 5.41) is 10.7. The van der Waals surface area contributed by atoms with Gasteiger partial charge >= 0.3 is 7.82 Å². The lowest BCUT2D eigenvalue weighted by atomic mass is 10.2. The number of hydrogen-bond acceptors (Lipinski definition) is 3. The number of nitrogens with zero attached hydrogens (tertiary/aromatic N) is 1. The Kier molecular flexibility index (Phi) is 4.24. The van der Waals surface area contributed by atoms with Gasteiger partial charge in [0.05, 0.1) is 6.04 Å². The van der Waals surface area contributed by atoms with Crippen molar-refractivity contribution in [2.75, 3.05) is 19.8 Å². The molecule has 0 aromatic carbocycles. The Hall–Kier alpha value is -0.460. The molecule has 1 unspecified atom stereocenters. The van der Waals surface area contributed by atoms with Gasteiger partial charge in [0, 0.05) is 6.54 Å². The first-order chi connectivity index (χ1) is 6.94. The Balaban J connectivity index is 2.43. The quantitative estimate of drug-likeness (QED) is 0.643. The summed E-state index contributed by atoms with van der Waals surface area (Å²) in [5.74, 6) is -0.545. The molecule has 1 atom stereocenters. The van der Waals surface area contributed by atoms with Crippen molar-refractivity contribution in [3.05, 3.63) is 0 Å². The highest BCUT2D eigenvalue weighted by Gasteiger charge is 2.29. The maximum absolute atomic E-state index is 11.4. The van der Waals surface area contributed by atoms with Crippen molar-refractivity contribution in [2.24, 2.45) is 0 Å². The molecule has 1 rings (SSSR count). The van der Waals surface area contributed by atoms with Gasteiger partial charge in [-0.2, -0.15) is 0 Å². The molecule has 1 heterocycles. The maximum Gasteiger partial charge on any atom is 0.470 e. The highest BCUT2D eigenvalue weighted by molar-refractivity contribution is 7.46. The van der Waals surface area contributed by atoms with Crippen LogP contribution in [0.4, 0.5) is 0 Å². The zero-order chi connectivity index (χ0) is 11.5. The fraction of sp³-hybridized carbons (Fsp3) is 0.857. The molecule has 2 N–H and O–H groups in total. The van der Waals surface area contributed by atoms with E-state index in [0.717, 1.165) is 6.42 Å². The molecule has 1 radical (unpaired) electrons. The Labute approximate surface area is 86.9 Å². The SMILES string of the molecule is [O]CC1CCCN1C(=O)COP(=O)(O)O. The van der Waals surface area contributed by atoms with E-state index in [1.54, 1.807) is 0 Å². The Morgan fingerprint density at radius 2 is 2.20 bits per heavy atom. The van der Waals surface area contributed by atoms with Crippen molar-refractivity contribution in [1.29, 1.82) is 0 Å². The first-order valence-electron chi connectivity index (χ1n) is 4.51. The largest absolute Gasteiger partial charge is 0.470 e. The second-order valence-corrected chi connectivity index (χ2v) is 4.55. The van der Waals surface area contributed by atoms with Crippen molar-refractivity contribution in [2.45, 2.75) is 18.9 Å². The second kappa shape index (κ2) is 5.05. The molecule has 1 saturated heterocycles. The average Bonchev–Trinajstić information content (AvgIpc) is 2.60. The molecule has 0 bridgehead atoms. The number of likely N-dealkylation sites (tertiary alicyclic amines) is 1. The predicted molar refractivity (Wildman–Crippen MR) is 48.3 cm³/mol. The van der Waals surface area contributed by atoms with Crippen LogP contribution in [0.3, 0.4) is 0 Å². The van der Waals surface area contributed by atoms with E-state index < -0.39 is 20.3 Å². The summed E-state index contributed by atoms with van der Waals surface area (Å²) in [5.41, 5.74) is 0. The third kappa shape index (κ3) is 3.89. The topological polar surface area (TPSA) is 107 Å². The summed E-state index contributed by atoms with van der Waals surface area (Å²) in [6.45, 7) is -0.612. The van der Waals surface area contributed by atoms with Gasteiger partial charge in [-0.25, -0.2) is 9.67 Å². The van der Waals surface area contributed by atoms with E-state index in [1.807, 2.05) is 0 Å². The highest BCUT2D eigenvalue weighted by Crippen LogP contribution is 2.35. The van der Waals surface area contributed by atoms with Crippen LogP contribution in [0.15, 0.2) is 0 Å². The van der Waals surface area contributed by atoms with Gasteiger partial charge in [0.25, 0.3) is 0 Å². The smallest absolute Gasteiger partial charge is 0.335 e. The number of rotatable bonds is 4. The van der Waals surface area contributed by atoms with E-state index in [0.29, 0.717) is 13.0 Å². The summed E-state index contributed by atoms with van der Waals surface area (Å²) >= 11 is 0. The van der Waals surface area contributed by atoms with Crippen LogP contribution in [0, 0.1) is 0 Å². The van der Waals surface area contributed by atoms with Gasteiger partial charge in [0.1, 0.15) is 13.2 Å². The van der Waals surface area contributed by atoms with E-state index in [4.69, 9.17) is 9.79 Å². The van der Waals surface area contributed by atoms with Gasteiger partial charge in [0.15, 0.2) is 0 Å². The first-order valence-corrected chi connectivity index (χ1v) is 6.05. The zero-order valence-corrected chi connectivity index (χ0v) is 8.93. The lowest BCUT2D eigenvalue weighted by molar-refractivity contribution is -0.135. The molecule has 8 heteroatoms. The molecule has 0 aliphatic carbocycles. The number of phosphoric acid groups is 1. The first kappa shape index (κ1) is 12.6. The summed E-state index contributed by atoms with van der Waals surface area (Å²) in [6, 6.07) is -0.363. The minimum absolute atomic E-state index is 0.363. The van der Waals surface area contributed by atoms with Gasteiger partial charge in [-0.1, -0.05) is 0 Å². The fourth-order valence-electron chi connectivity index (χ4n) is 1.56. The minimum atomic E-state index is -4.61. The number of amides is 1. The second-order valence-electron chi connectivity index (χ2n) is 3.31. The van der Waals surface area contributed by atoms with Crippen molar-refractivity contribution in [3.8, 4) is 0 Å². The normalized spacial score (nSPS) is 22.1. The molecule has 87 valence electrons. The van der Waals surface area contributed by atoms with Crippen LogP contribution in [0.1, 0.15) is 12.8 Å². The van der Waals surface area contributed by atoms with E-state index in [-0.39, 0.29) is 12.6 Å². The lowest BCUT2D eigenvalue weighted by Gasteiger charge is -2.22. The van der Waals surface area contributed by atoms with E-state index in [2.05, 4.69) is 4.52 Å². The lowest BCUT2D eigenvalue weighted by Crippen LogP contribution is -2.39. The molecule has 0 aromatic heterocycles. The highest BCUT2D eigenvalue weighted by atomic mass is 31.2. The molecule has 0 spiro atoms. The zero-order valence-electron chi connectivity index (χ0n) is 8.03. The third-order valence-corrected chi connectivity index (χ3v) is 2.71. The summed E-state index contributed by atoms with van der Waals surface area (Å²) in [4.78, 5) is 29.5. The maximum atomic E-state index is 11.4. The Bertz CT molecular complexity index is 277. The van der Waals surface area contributed by atoms with Crippen LogP contribution in [0.2, 0.25) is 0 Å². The Morgan fingerprint density at radius 3 is 2.73 bits per heavy atom. The molecule has 7 nitrogen and oxygen atoms in total. The molecule has 1 aliphatic rings. The number of carbonyl (C=O) groups is 1. The summed E-state index contributed by atoms with van der Waals surface area (Å²) in [6.07, 6.45) is 1.39. The molecule has 1 amide bonds.